The highest BCUT2D eigenvalue weighted by Gasteiger charge is 2.04. The van der Waals surface area contributed by atoms with Crippen LogP contribution in [0, 0.1) is 0 Å². The fourth-order valence-electron chi connectivity index (χ4n) is 0.918. The van der Waals surface area contributed by atoms with E-state index < -0.39 is 10.1 Å². The van der Waals surface area contributed by atoms with Crippen LogP contribution in [0.4, 0.5) is 0 Å². The molecule has 0 bridgehead atoms. The molecule has 5 nitrogen and oxygen atoms in total. The Morgan fingerprint density at radius 2 is 1.76 bits per heavy atom. The third-order valence-corrected chi connectivity index (χ3v) is 2.03. The normalized spacial score (nSPS) is 12.3. The van der Waals surface area contributed by atoms with Gasteiger partial charge in [-0.25, -0.2) is 0 Å². The smallest absolute Gasteiger partial charge is 0.261 e. The van der Waals surface area contributed by atoms with Gasteiger partial charge in [-0.2, -0.15) is 8.42 Å². The minimum Gasteiger partial charge on any atom is -0.497 e. The van der Waals surface area contributed by atoms with E-state index in [1.54, 1.807) is 7.11 Å². The lowest BCUT2D eigenvalue weighted by Gasteiger charge is -2.06. The first-order valence-corrected chi connectivity index (χ1v) is 6.87. The number of alkyl halides is 1. The van der Waals surface area contributed by atoms with E-state index in [0.29, 0.717) is 6.26 Å². The summed E-state index contributed by atoms with van der Waals surface area (Å²) >= 11 is 5.80. The van der Waals surface area contributed by atoms with Crippen LogP contribution in [0.3, 0.4) is 0 Å². The largest absolute Gasteiger partial charge is 0.497 e. The fourth-order valence-corrected chi connectivity index (χ4v) is 1.06. The van der Waals surface area contributed by atoms with E-state index in [4.69, 9.17) is 26.0 Å². The molecule has 98 valence electrons. The van der Waals surface area contributed by atoms with Crippen LogP contribution in [0.15, 0.2) is 24.3 Å². The van der Waals surface area contributed by atoms with Crippen molar-refractivity contribution in [3.63, 3.8) is 0 Å². The summed E-state index contributed by atoms with van der Waals surface area (Å²) in [5.74, 6) is 0.792. The van der Waals surface area contributed by atoms with Crippen LogP contribution in [-0.4, -0.2) is 38.0 Å². The van der Waals surface area contributed by atoms with E-state index in [9.17, 15) is 8.42 Å². The maximum atomic E-state index is 9.19. The van der Waals surface area contributed by atoms with Crippen LogP contribution in [0.2, 0.25) is 0 Å². The Morgan fingerprint density at radius 1 is 1.35 bits per heavy atom. The Morgan fingerprint density at radius 3 is 2.06 bits per heavy atom. The molecule has 1 aromatic rings. The van der Waals surface area contributed by atoms with Crippen LogP contribution in [0.1, 0.15) is 10.9 Å². The number of aliphatic hydroxyl groups is 1. The summed E-state index contributed by atoms with van der Waals surface area (Å²) < 4.78 is 30.8. The van der Waals surface area contributed by atoms with Gasteiger partial charge in [-0.15, -0.1) is 11.6 Å². The van der Waals surface area contributed by atoms with Crippen molar-refractivity contribution >= 4 is 21.7 Å². The predicted octanol–water partition coefficient (Wildman–Crippen LogP) is 1.47. The molecule has 7 heteroatoms. The molecule has 17 heavy (non-hydrogen) atoms. The number of ether oxygens (including phenoxy) is 1. The molecule has 0 spiro atoms. The van der Waals surface area contributed by atoms with Crippen LogP contribution < -0.4 is 4.74 Å². The van der Waals surface area contributed by atoms with Gasteiger partial charge in [0, 0.05) is 0 Å². The van der Waals surface area contributed by atoms with Crippen LogP contribution in [-0.2, 0) is 10.1 Å². The summed E-state index contributed by atoms with van der Waals surface area (Å²) in [6.07, 6.45) is 0.715. The van der Waals surface area contributed by atoms with Crippen molar-refractivity contribution in [1.82, 2.24) is 0 Å². The van der Waals surface area contributed by atoms with Crippen molar-refractivity contribution in [2.75, 3.05) is 20.0 Å². The minimum atomic E-state index is -3.67. The van der Waals surface area contributed by atoms with Crippen molar-refractivity contribution in [2.24, 2.45) is 0 Å². The van der Waals surface area contributed by atoms with Crippen molar-refractivity contribution in [2.45, 2.75) is 5.38 Å². The van der Waals surface area contributed by atoms with Gasteiger partial charge >= 0.3 is 0 Å². The van der Waals surface area contributed by atoms with Crippen molar-refractivity contribution < 1.29 is 22.8 Å². The van der Waals surface area contributed by atoms with E-state index in [0.717, 1.165) is 11.3 Å². The Bertz CT molecular complexity index is 407. The summed E-state index contributed by atoms with van der Waals surface area (Å²) in [4.78, 5) is 0. The molecule has 0 aromatic heterocycles. The Kier molecular flexibility index (Phi) is 7.13. The molecule has 0 radical (unpaired) electrons. The van der Waals surface area contributed by atoms with Gasteiger partial charge in [0.15, 0.2) is 0 Å². The summed E-state index contributed by atoms with van der Waals surface area (Å²) in [5, 5.41) is 8.43. The molecule has 0 aliphatic heterocycles. The number of benzene rings is 1. The van der Waals surface area contributed by atoms with Crippen molar-refractivity contribution in [3.8, 4) is 5.75 Å². The molecule has 1 atom stereocenters. The van der Waals surface area contributed by atoms with Crippen LogP contribution in [0.5, 0.6) is 5.75 Å². The van der Waals surface area contributed by atoms with Gasteiger partial charge in [0.2, 0.25) is 0 Å². The molecule has 0 saturated heterocycles. The molecule has 1 unspecified atom stereocenters. The molecular formula is C10H15ClO5S. The van der Waals surface area contributed by atoms with E-state index >= 15 is 0 Å². The third-order valence-electron chi connectivity index (χ3n) is 1.64. The van der Waals surface area contributed by atoms with E-state index in [1.165, 1.54) is 0 Å². The molecule has 1 aromatic carbocycles. The maximum Gasteiger partial charge on any atom is 0.261 e. The van der Waals surface area contributed by atoms with Crippen LogP contribution in [0.25, 0.3) is 0 Å². The summed E-state index contributed by atoms with van der Waals surface area (Å²) in [5.41, 5.74) is 0.903. The lowest BCUT2D eigenvalue weighted by atomic mass is 10.1. The van der Waals surface area contributed by atoms with Gasteiger partial charge in [-0.1, -0.05) is 12.1 Å². The number of hydrogen-bond acceptors (Lipinski definition) is 4. The van der Waals surface area contributed by atoms with Gasteiger partial charge in [0.1, 0.15) is 5.75 Å². The Balaban J connectivity index is 0.000000437. The monoisotopic (exact) mass is 282 g/mol. The van der Waals surface area contributed by atoms with Crippen molar-refractivity contribution in [1.29, 1.82) is 0 Å². The summed E-state index contributed by atoms with van der Waals surface area (Å²) in [6, 6.07) is 7.32. The zero-order valence-corrected chi connectivity index (χ0v) is 11.1. The van der Waals surface area contributed by atoms with Gasteiger partial charge in [0.25, 0.3) is 10.1 Å². The standard InChI is InChI=1S/C9H11ClO2.CH4O3S/c1-12-8-4-2-7(3-5-8)9(10)6-11;1-5(2,3)4/h2-5,9,11H,6H2,1H3;1H3,(H,2,3,4). The predicted molar refractivity (Wildman–Crippen MR) is 66.1 cm³/mol. The highest BCUT2D eigenvalue weighted by Crippen LogP contribution is 2.21. The quantitative estimate of drug-likeness (QED) is 0.648. The summed E-state index contributed by atoms with van der Waals surface area (Å²) in [6.45, 7) is -0.0477. The second kappa shape index (κ2) is 7.50. The number of methoxy groups -OCH3 is 1. The molecule has 0 saturated carbocycles. The Labute approximate surface area is 106 Å². The Hall–Kier alpha value is -0.820. The first-order valence-electron chi connectivity index (χ1n) is 4.59. The molecule has 0 aliphatic carbocycles. The highest BCUT2D eigenvalue weighted by molar-refractivity contribution is 7.85. The van der Waals surface area contributed by atoms with E-state index in [2.05, 4.69) is 0 Å². The molecule has 0 heterocycles. The van der Waals surface area contributed by atoms with Crippen molar-refractivity contribution in [3.05, 3.63) is 29.8 Å². The average Bonchev–Trinajstić information content (AvgIpc) is 2.26. The number of halogens is 1. The number of hydrogen-bond donors (Lipinski definition) is 2. The zero-order valence-electron chi connectivity index (χ0n) is 9.50. The zero-order chi connectivity index (χ0) is 13.5. The van der Waals surface area contributed by atoms with E-state index in [1.807, 2.05) is 24.3 Å². The number of rotatable bonds is 3. The van der Waals surface area contributed by atoms with Gasteiger partial charge in [0.05, 0.1) is 25.3 Å². The summed E-state index contributed by atoms with van der Waals surface area (Å²) in [7, 11) is -2.06. The van der Waals surface area contributed by atoms with Crippen LogP contribution >= 0.6 is 11.6 Å². The fraction of sp³-hybridized carbons (Fsp3) is 0.400. The van der Waals surface area contributed by atoms with E-state index in [-0.39, 0.29) is 12.0 Å². The molecule has 0 amide bonds. The molecular weight excluding hydrogens is 268 g/mol. The molecule has 2 N–H and O–H groups in total. The second-order valence-corrected chi connectivity index (χ2v) is 5.15. The molecule has 0 fully saturated rings. The average molecular weight is 283 g/mol. The topological polar surface area (TPSA) is 83.8 Å². The molecule has 0 aliphatic rings. The number of aliphatic hydroxyl groups excluding tert-OH is 1. The lowest BCUT2D eigenvalue weighted by Crippen LogP contribution is -1.95. The van der Waals surface area contributed by atoms with Gasteiger partial charge < -0.3 is 9.84 Å². The molecule has 1 rings (SSSR count). The third kappa shape index (κ3) is 8.93. The SMILES string of the molecule is COc1ccc(C(Cl)CO)cc1.CS(=O)(=O)O. The maximum absolute atomic E-state index is 9.19. The highest BCUT2D eigenvalue weighted by atomic mass is 35.5. The second-order valence-electron chi connectivity index (χ2n) is 3.16. The lowest BCUT2D eigenvalue weighted by molar-refractivity contribution is 0.294. The minimum absolute atomic E-state index is 0.0477. The van der Waals surface area contributed by atoms with Gasteiger partial charge in [-0.3, -0.25) is 4.55 Å². The first-order chi connectivity index (χ1) is 7.77. The first kappa shape index (κ1) is 16.2. The van der Waals surface area contributed by atoms with Gasteiger partial charge in [-0.05, 0) is 17.7 Å².